The van der Waals surface area contributed by atoms with E-state index in [9.17, 15) is 18.0 Å². The molecule has 0 radical (unpaired) electrons. The number of anilines is 2. The first-order valence-corrected chi connectivity index (χ1v) is 11.2. The van der Waals surface area contributed by atoms with Gasteiger partial charge in [-0.2, -0.15) is 18.3 Å². The standard InChI is InChI=1S/C25H21F3N8O/c1-14(33-21-12-31-23-22(35-21)19(11-30-23)17-10-32-36(2)13-17)15-4-3-5-18(8-15)34-24(37)16-6-7-20(29-9-16)25(26,27)28/h3-14H,1-2H3,(H,30,31)(H,33,35)(H,34,37)/t14-/m0/s1. The molecule has 37 heavy (non-hydrogen) atoms. The van der Waals surface area contributed by atoms with Crippen LogP contribution in [0.25, 0.3) is 22.3 Å². The van der Waals surface area contributed by atoms with E-state index in [1.165, 1.54) is 0 Å². The number of nitrogens with one attached hydrogen (secondary N) is 3. The van der Waals surface area contributed by atoms with Gasteiger partial charge in [-0.05, 0) is 36.8 Å². The third kappa shape index (κ3) is 5.13. The number of aromatic nitrogens is 6. The van der Waals surface area contributed by atoms with E-state index in [1.807, 2.05) is 32.4 Å². The van der Waals surface area contributed by atoms with Crippen LogP contribution in [0.2, 0.25) is 0 Å². The van der Waals surface area contributed by atoms with Crippen LogP contribution >= 0.6 is 0 Å². The highest BCUT2D eigenvalue weighted by Gasteiger charge is 2.32. The molecular formula is C25H21F3N8O. The smallest absolute Gasteiger partial charge is 0.362 e. The summed E-state index contributed by atoms with van der Waals surface area (Å²) < 4.78 is 39.9. The Labute approximate surface area is 208 Å². The maximum Gasteiger partial charge on any atom is 0.433 e. The van der Waals surface area contributed by atoms with Crippen molar-refractivity contribution in [1.29, 1.82) is 0 Å². The first-order chi connectivity index (χ1) is 17.7. The summed E-state index contributed by atoms with van der Waals surface area (Å²) in [5, 5.41) is 10.2. The number of fused-ring (bicyclic) bond motifs is 1. The molecule has 0 saturated heterocycles. The van der Waals surface area contributed by atoms with Crippen molar-refractivity contribution in [3.8, 4) is 11.1 Å². The van der Waals surface area contributed by atoms with Gasteiger partial charge < -0.3 is 15.6 Å². The minimum Gasteiger partial charge on any atom is -0.362 e. The SMILES string of the molecule is C[C@H](Nc1cnc2[nH]cc(-c3cnn(C)c3)c2n1)c1cccc(NC(=O)c2ccc(C(F)(F)F)nc2)c1. The summed E-state index contributed by atoms with van der Waals surface area (Å²) in [4.78, 5) is 28.1. The van der Waals surface area contributed by atoms with E-state index in [1.54, 1.807) is 35.3 Å². The van der Waals surface area contributed by atoms with Crippen molar-refractivity contribution in [1.82, 2.24) is 29.7 Å². The third-order valence-electron chi connectivity index (χ3n) is 5.72. The maximum atomic E-state index is 12.7. The van der Waals surface area contributed by atoms with Crippen LogP contribution in [0.4, 0.5) is 24.7 Å². The average Bonchev–Trinajstić information content (AvgIpc) is 3.49. The van der Waals surface area contributed by atoms with Crippen LogP contribution in [0.1, 0.15) is 34.6 Å². The van der Waals surface area contributed by atoms with Crippen molar-refractivity contribution in [2.24, 2.45) is 7.05 Å². The van der Waals surface area contributed by atoms with Gasteiger partial charge in [-0.25, -0.2) is 9.97 Å². The lowest BCUT2D eigenvalue weighted by molar-refractivity contribution is -0.141. The number of hydrogen-bond acceptors (Lipinski definition) is 6. The lowest BCUT2D eigenvalue weighted by Gasteiger charge is -2.16. The zero-order valence-electron chi connectivity index (χ0n) is 19.7. The van der Waals surface area contributed by atoms with E-state index in [0.29, 0.717) is 22.7 Å². The number of nitrogens with zero attached hydrogens (tertiary/aromatic N) is 5. The highest BCUT2D eigenvalue weighted by atomic mass is 19.4. The minimum atomic E-state index is -4.57. The molecule has 188 valence electrons. The Morgan fingerprint density at radius 2 is 1.95 bits per heavy atom. The Hall–Kier alpha value is -4.74. The zero-order chi connectivity index (χ0) is 26.2. The number of alkyl halides is 3. The highest BCUT2D eigenvalue weighted by Crippen LogP contribution is 2.29. The lowest BCUT2D eigenvalue weighted by atomic mass is 10.1. The second-order valence-electron chi connectivity index (χ2n) is 8.43. The van der Waals surface area contributed by atoms with Crippen LogP contribution in [0.5, 0.6) is 0 Å². The summed E-state index contributed by atoms with van der Waals surface area (Å²) in [6.45, 7) is 1.94. The topological polar surface area (TPSA) is 113 Å². The van der Waals surface area contributed by atoms with Crippen molar-refractivity contribution in [2.45, 2.75) is 19.1 Å². The van der Waals surface area contributed by atoms with Gasteiger partial charge in [-0.1, -0.05) is 12.1 Å². The molecule has 5 aromatic rings. The number of benzene rings is 1. The second-order valence-corrected chi connectivity index (χ2v) is 8.43. The van der Waals surface area contributed by atoms with Gasteiger partial charge in [0.05, 0.1) is 24.0 Å². The number of hydrogen-bond donors (Lipinski definition) is 3. The fourth-order valence-corrected chi connectivity index (χ4v) is 3.83. The largest absolute Gasteiger partial charge is 0.433 e. The molecule has 9 nitrogen and oxygen atoms in total. The normalized spacial score (nSPS) is 12.5. The van der Waals surface area contributed by atoms with Crippen LogP contribution in [0.15, 0.2) is 67.4 Å². The number of amides is 1. The second kappa shape index (κ2) is 9.37. The molecule has 0 aliphatic heterocycles. The van der Waals surface area contributed by atoms with Crippen molar-refractivity contribution in [3.63, 3.8) is 0 Å². The number of aromatic amines is 1. The summed E-state index contributed by atoms with van der Waals surface area (Å²) in [6, 6.07) is 8.80. The Bertz CT molecular complexity index is 1570. The van der Waals surface area contributed by atoms with Gasteiger partial charge in [-0.3, -0.25) is 14.5 Å². The van der Waals surface area contributed by atoms with Crippen molar-refractivity contribution >= 4 is 28.6 Å². The molecule has 0 aliphatic carbocycles. The Morgan fingerprint density at radius 3 is 2.65 bits per heavy atom. The molecule has 1 aromatic carbocycles. The molecule has 1 atom stereocenters. The fraction of sp³-hybridized carbons (Fsp3) is 0.160. The molecule has 0 bridgehead atoms. The molecule has 4 heterocycles. The Morgan fingerprint density at radius 1 is 1.11 bits per heavy atom. The van der Waals surface area contributed by atoms with Gasteiger partial charge in [0, 0.05) is 42.5 Å². The summed E-state index contributed by atoms with van der Waals surface area (Å²) in [6.07, 6.45) is 3.46. The molecule has 12 heteroatoms. The van der Waals surface area contributed by atoms with Gasteiger partial charge in [0.1, 0.15) is 17.0 Å². The molecule has 0 spiro atoms. The molecule has 0 aliphatic rings. The Kier molecular flexibility index (Phi) is 6.07. The van der Waals surface area contributed by atoms with E-state index in [2.05, 4.69) is 30.7 Å². The van der Waals surface area contributed by atoms with Gasteiger partial charge in [0.25, 0.3) is 5.91 Å². The number of rotatable bonds is 6. The fourth-order valence-electron chi connectivity index (χ4n) is 3.83. The predicted molar refractivity (Wildman–Crippen MR) is 132 cm³/mol. The van der Waals surface area contributed by atoms with Gasteiger partial charge >= 0.3 is 6.18 Å². The molecule has 0 unspecified atom stereocenters. The predicted octanol–water partition coefficient (Wildman–Crippen LogP) is 5.20. The minimum absolute atomic E-state index is 0.0177. The van der Waals surface area contributed by atoms with Crippen molar-refractivity contribution in [2.75, 3.05) is 10.6 Å². The lowest BCUT2D eigenvalue weighted by Crippen LogP contribution is -2.15. The molecular weight excluding hydrogens is 485 g/mol. The monoisotopic (exact) mass is 506 g/mol. The molecule has 0 saturated carbocycles. The van der Waals surface area contributed by atoms with Crippen molar-refractivity contribution in [3.05, 3.63) is 84.2 Å². The number of pyridine rings is 1. The van der Waals surface area contributed by atoms with Crippen LogP contribution in [0.3, 0.4) is 0 Å². The highest BCUT2D eigenvalue weighted by molar-refractivity contribution is 6.04. The third-order valence-corrected chi connectivity index (χ3v) is 5.72. The molecule has 0 fully saturated rings. The van der Waals surface area contributed by atoms with Crippen LogP contribution in [-0.4, -0.2) is 35.6 Å². The summed E-state index contributed by atoms with van der Waals surface area (Å²) >= 11 is 0. The van der Waals surface area contributed by atoms with Gasteiger partial charge in [-0.15, -0.1) is 0 Å². The average molecular weight is 506 g/mol. The number of carbonyl (C=O) groups excluding carboxylic acids is 1. The summed E-state index contributed by atoms with van der Waals surface area (Å²) in [5.74, 6) is 0.000650. The number of carbonyl (C=O) groups is 1. The van der Waals surface area contributed by atoms with Crippen LogP contribution in [0, 0.1) is 0 Å². The summed E-state index contributed by atoms with van der Waals surface area (Å²) in [7, 11) is 1.84. The van der Waals surface area contributed by atoms with E-state index >= 15 is 0 Å². The van der Waals surface area contributed by atoms with Crippen molar-refractivity contribution < 1.29 is 18.0 Å². The number of H-pyrrole nitrogens is 1. The first kappa shape index (κ1) is 24.0. The van der Waals surface area contributed by atoms with Crippen LogP contribution in [-0.2, 0) is 13.2 Å². The molecule has 4 aromatic heterocycles. The van der Waals surface area contributed by atoms with E-state index in [-0.39, 0.29) is 11.6 Å². The number of aryl methyl sites for hydroxylation is 1. The number of halogens is 3. The van der Waals surface area contributed by atoms with E-state index in [0.717, 1.165) is 35.0 Å². The molecule has 5 rings (SSSR count). The quantitative estimate of drug-likeness (QED) is 0.292. The van der Waals surface area contributed by atoms with E-state index in [4.69, 9.17) is 4.98 Å². The molecule has 1 amide bonds. The van der Waals surface area contributed by atoms with Gasteiger partial charge in [0.2, 0.25) is 0 Å². The summed E-state index contributed by atoms with van der Waals surface area (Å²) in [5.41, 5.74) is 3.46. The first-order valence-electron chi connectivity index (χ1n) is 11.2. The zero-order valence-corrected chi connectivity index (χ0v) is 19.7. The van der Waals surface area contributed by atoms with Gasteiger partial charge in [0.15, 0.2) is 5.65 Å². The van der Waals surface area contributed by atoms with E-state index < -0.39 is 17.8 Å². The van der Waals surface area contributed by atoms with Crippen LogP contribution < -0.4 is 10.6 Å². The Balaban J connectivity index is 1.30. The maximum absolute atomic E-state index is 12.7. The molecule has 3 N–H and O–H groups in total.